The fraction of sp³-hybridized carbons (Fsp3) is 0.105. The van der Waals surface area contributed by atoms with Crippen LogP contribution in [-0.2, 0) is 11.8 Å². The van der Waals surface area contributed by atoms with Crippen molar-refractivity contribution in [2.45, 2.75) is 6.92 Å². The molecule has 136 valence electrons. The molecule has 0 saturated carbocycles. The van der Waals surface area contributed by atoms with E-state index in [2.05, 4.69) is 15.3 Å². The number of rotatable bonds is 2. The molecule has 1 aliphatic heterocycles. The van der Waals surface area contributed by atoms with E-state index in [0.29, 0.717) is 15.8 Å². The molecule has 1 aromatic heterocycles. The highest BCUT2D eigenvalue weighted by Crippen LogP contribution is 2.31. The number of halogens is 2. The van der Waals surface area contributed by atoms with Crippen LogP contribution in [0.2, 0.25) is 5.02 Å². The predicted molar refractivity (Wildman–Crippen MR) is 108 cm³/mol. The topological polar surface area (TPSA) is 59.3 Å². The third-order valence-corrected chi connectivity index (χ3v) is 5.42. The van der Waals surface area contributed by atoms with Crippen LogP contribution >= 0.6 is 23.4 Å². The first-order chi connectivity index (χ1) is 12.9. The summed E-state index contributed by atoms with van der Waals surface area (Å²) in [5.74, 6) is 0.250. The van der Waals surface area contributed by atoms with Gasteiger partial charge in [0.15, 0.2) is 5.17 Å². The number of aryl methyl sites for hydroxylation is 2. The number of imidazole rings is 1. The molecule has 1 aliphatic rings. The molecule has 0 bridgehead atoms. The zero-order valence-corrected chi connectivity index (χ0v) is 16.0. The smallest absolute Gasteiger partial charge is 0.264 e. The molecular formula is C19H14ClFN4OS. The molecule has 0 radical (unpaired) electrons. The number of fused-ring (bicyclic) bond motifs is 1. The summed E-state index contributed by atoms with van der Waals surface area (Å²) >= 11 is 7.20. The van der Waals surface area contributed by atoms with Crippen LogP contribution < -0.4 is 5.32 Å². The van der Waals surface area contributed by atoms with Crippen LogP contribution in [-0.4, -0.2) is 20.6 Å². The first kappa shape index (κ1) is 17.8. The average Bonchev–Trinajstić information content (AvgIpc) is 3.10. The second kappa shape index (κ2) is 6.83. The molecule has 1 amide bonds. The summed E-state index contributed by atoms with van der Waals surface area (Å²) in [5.41, 5.74) is 3.20. The summed E-state index contributed by atoms with van der Waals surface area (Å²) in [6.45, 7) is 1.95. The molecule has 2 heterocycles. The van der Waals surface area contributed by atoms with Gasteiger partial charge in [0.2, 0.25) is 0 Å². The minimum atomic E-state index is -0.437. The van der Waals surface area contributed by atoms with Crippen LogP contribution in [0.25, 0.3) is 17.1 Å². The molecule has 2 aromatic carbocycles. The monoisotopic (exact) mass is 400 g/mol. The lowest BCUT2D eigenvalue weighted by Crippen LogP contribution is -2.19. The molecule has 8 heteroatoms. The molecule has 1 fully saturated rings. The van der Waals surface area contributed by atoms with E-state index in [1.807, 2.05) is 36.7 Å². The van der Waals surface area contributed by atoms with E-state index in [1.54, 1.807) is 6.08 Å². The van der Waals surface area contributed by atoms with Crippen molar-refractivity contribution >= 4 is 57.2 Å². The van der Waals surface area contributed by atoms with Crippen LogP contribution in [0.5, 0.6) is 0 Å². The Hall–Kier alpha value is -2.64. The van der Waals surface area contributed by atoms with Crippen molar-refractivity contribution in [1.29, 1.82) is 0 Å². The summed E-state index contributed by atoms with van der Waals surface area (Å²) in [6.07, 6.45) is 1.80. The Morgan fingerprint density at radius 3 is 2.89 bits per heavy atom. The zero-order valence-electron chi connectivity index (χ0n) is 14.5. The number of hydrogen-bond donors (Lipinski definition) is 1. The number of nitrogens with one attached hydrogen (secondary N) is 1. The van der Waals surface area contributed by atoms with Gasteiger partial charge in [0.1, 0.15) is 11.6 Å². The quantitative estimate of drug-likeness (QED) is 0.641. The van der Waals surface area contributed by atoms with Gasteiger partial charge in [0.05, 0.1) is 26.6 Å². The molecule has 4 rings (SSSR count). The van der Waals surface area contributed by atoms with Gasteiger partial charge in [-0.3, -0.25) is 4.79 Å². The number of carbonyl (C=O) groups excluding carboxylic acids is 1. The van der Waals surface area contributed by atoms with Crippen LogP contribution in [0.15, 0.2) is 46.3 Å². The average molecular weight is 401 g/mol. The number of aromatic nitrogens is 2. The van der Waals surface area contributed by atoms with Crippen LogP contribution in [0.4, 0.5) is 10.1 Å². The van der Waals surface area contributed by atoms with E-state index in [0.717, 1.165) is 22.4 Å². The summed E-state index contributed by atoms with van der Waals surface area (Å²) in [7, 11) is 1.95. The maximum Gasteiger partial charge on any atom is 0.264 e. The summed E-state index contributed by atoms with van der Waals surface area (Å²) < 4.78 is 15.1. The first-order valence-electron chi connectivity index (χ1n) is 8.08. The molecular weight excluding hydrogens is 387 g/mol. The number of benzene rings is 2. The van der Waals surface area contributed by atoms with Crippen LogP contribution in [0.3, 0.4) is 0 Å². The maximum absolute atomic E-state index is 13.1. The predicted octanol–water partition coefficient (Wildman–Crippen LogP) is 4.57. The third kappa shape index (κ3) is 3.48. The number of amides is 1. The van der Waals surface area contributed by atoms with Gasteiger partial charge < -0.3 is 9.88 Å². The highest BCUT2D eigenvalue weighted by atomic mass is 35.5. The minimum Gasteiger partial charge on any atom is -0.331 e. The molecule has 5 nitrogen and oxygen atoms in total. The standard InChI is InChI=1S/C19H14ClFN4OS/c1-10-22-15-5-3-11(7-16(15)25(10)2)8-17-18(26)24-19(27-17)23-14-6-4-12(21)9-13(14)20/h3-9H,1-2H3,(H,23,24,26). The lowest BCUT2D eigenvalue weighted by molar-refractivity contribution is -0.115. The van der Waals surface area contributed by atoms with Crippen LogP contribution in [0, 0.1) is 12.7 Å². The van der Waals surface area contributed by atoms with Crippen molar-refractivity contribution < 1.29 is 9.18 Å². The Kier molecular flexibility index (Phi) is 4.49. The molecule has 0 aliphatic carbocycles. The van der Waals surface area contributed by atoms with Crippen molar-refractivity contribution in [3.63, 3.8) is 0 Å². The van der Waals surface area contributed by atoms with E-state index in [4.69, 9.17) is 11.6 Å². The Labute approximate surface area is 164 Å². The second-order valence-corrected chi connectivity index (χ2v) is 7.48. The van der Waals surface area contributed by atoms with Crippen LogP contribution in [0.1, 0.15) is 11.4 Å². The Balaban J connectivity index is 1.64. The SMILES string of the molecule is Cc1nc2ccc(C=C3SC(=Nc4ccc(F)cc4Cl)NC3=O)cc2n1C. The van der Waals surface area contributed by atoms with Gasteiger partial charge in [0, 0.05) is 7.05 Å². The number of carbonyl (C=O) groups is 1. The number of thioether (sulfide) groups is 1. The Morgan fingerprint density at radius 2 is 2.11 bits per heavy atom. The van der Waals surface area contributed by atoms with Gasteiger partial charge in [-0.25, -0.2) is 14.4 Å². The van der Waals surface area contributed by atoms with Crippen molar-refractivity contribution in [3.05, 3.63) is 63.5 Å². The number of amidine groups is 1. The minimum absolute atomic E-state index is 0.187. The van der Waals surface area contributed by atoms with Crippen molar-refractivity contribution in [2.75, 3.05) is 0 Å². The lowest BCUT2D eigenvalue weighted by Gasteiger charge is -1.99. The van der Waals surface area contributed by atoms with Crippen molar-refractivity contribution in [1.82, 2.24) is 14.9 Å². The van der Waals surface area contributed by atoms with E-state index >= 15 is 0 Å². The molecule has 3 aromatic rings. The number of aliphatic imine (C=N–C) groups is 1. The maximum atomic E-state index is 13.1. The summed E-state index contributed by atoms with van der Waals surface area (Å²) in [6, 6.07) is 9.76. The van der Waals surface area contributed by atoms with Gasteiger partial charge in [-0.15, -0.1) is 0 Å². The lowest BCUT2D eigenvalue weighted by atomic mass is 10.2. The largest absolute Gasteiger partial charge is 0.331 e. The number of hydrogen-bond acceptors (Lipinski definition) is 4. The van der Waals surface area contributed by atoms with Gasteiger partial charge in [0.25, 0.3) is 5.91 Å². The van der Waals surface area contributed by atoms with Gasteiger partial charge in [-0.1, -0.05) is 17.7 Å². The number of nitrogens with zero attached hydrogens (tertiary/aromatic N) is 3. The molecule has 1 saturated heterocycles. The van der Waals surface area contributed by atoms with Crippen molar-refractivity contribution in [3.8, 4) is 0 Å². The zero-order chi connectivity index (χ0) is 19.1. The molecule has 1 N–H and O–H groups in total. The normalized spacial score (nSPS) is 17.3. The molecule has 27 heavy (non-hydrogen) atoms. The fourth-order valence-electron chi connectivity index (χ4n) is 2.73. The summed E-state index contributed by atoms with van der Waals surface area (Å²) in [4.78, 5) is 21.6. The highest BCUT2D eigenvalue weighted by Gasteiger charge is 2.24. The molecule has 0 unspecified atom stereocenters. The van der Waals surface area contributed by atoms with Gasteiger partial charge >= 0.3 is 0 Å². The van der Waals surface area contributed by atoms with E-state index in [-0.39, 0.29) is 10.9 Å². The first-order valence-corrected chi connectivity index (χ1v) is 9.28. The van der Waals surface area contributed by atoms with E-state index in [1.165, 1.54) is 30.0 Å². The second-order valence-electron chi connectivity index (χ2n) is 6.04. The molecule has 0 atom stereocenters. The van der Waals surface area contributed by atoms with Crippen molar-refractivity contribution in [2.24, 2.45) is 12.0 Å². The summed E-state index contributed by atoms with van der Waals surface area (Å²) in [5, 5.41) is 3.29. The van der Waals surface area contributed by atoms with Gasteiger partial charge in [-0.2, -0.15) is 0 Å². The molecule has 0 spiro atoms. The van der Waals surface area contributed by atoms with E-state index < -0.39 is 5.82 Å². The highest BCUT2D eigenvalue weighted by molar-refractivity contribution is 8.18. The van der Waals surface area contributed by atoms with Gasteiger partial charge in [-0.05, 0) is 60.7 Å². The fourth-order valence-corrected chi connectivity index (χ4v) is 3.77. The van der Waals surface area contributed by atoms with E-state index in [9.17, 15) is 9.18 Å². The third-order valence-electron chi connectivity index (χ3n) is 4.21. The Morgan fingerprint density at radius 1 is 1.30 bits per heavy atom. The Bertz CT molecular complexity index is 1150.